The predicted molar refractivity (Wildman–Crippen MR) is 126 cm³/mol. The first-order valence-electron chi connectivity index (χ1n) is 10.8. The predicted octanol–water partition coefficient (Wildman–Crippen LogP) is 4.86. The van der Waals surface area contributed by atoms with Crippen molar-refractivity contribution in [1.82, 2.24) is 14.8 Å². The lowest BCUT2D eigenvalue weighted by molar-refractivity contribution is -0.133. The van der Waals surface area contributed by atoms with E-state index in [0.717, 1.165) is 33.3 Å². The summed E-state index contributed by atoms with van der Waals surface area (Å²) in [7, 11) is 3.45. The molecule has 0 spiro atoms. The van der Waals surface area contributed by atoms with Crippen molar-refractivity contribution in [3.63, 3.8) is 0 Å². The Kier molecular flexibility index (Phi) is 4.82. The molecule has 0 radical (unpaired) electrons. The number of hydrogen-bond acceptors (Lipinski definition) is 2. The minimum atomic E-state index is -0.604. The van der Waals surface area contributed by atoms with Crippen LogP contribution in [0.3, 0.4) is 0 Å². The molecule has 0 saturated carbocycles. The first kappa shape index (κ1) is 20.1. The van der Waals surface area contributed by atoms with E-state index in [4.69, 9.17) is 0 Å². The molecule has 2 atom stereocenters. The highest BCUT2D eigenvalue weighted by atomic mass is 16.2. The molecule has 160 valence electrons. The van der Waals surface area contributed by atoms with Gasteiger partial charge in [-0.25, -0.2) is 0 Å². The average molecular weight is 424 g/mol. The van der Waals surface area contributed by atoms with Gasteiger partial charge in [0.05, 0.1) is 11.7 Å². The van der Waals surface area contributed by atoms with E-state index < -0.39 is 6.04 Å². The quantitative estimate of drug-likeness (QED) is 0.510. The third kappa shape index (κ3) is 3.01. The van der Waals surface area contributed by atoms with Gasteiger partial charge >= 0.3 is 0 Å². The smallest absolute Gasteiger partial charge is 0.255 e. The standard InChI is InChI=1S/C27H25N3O2/c1-17(26(31)29(2)3)30-25(19-13-7-8-14-20(19)27(30)32)23-21-15-9-10-16-22(21)28-24(23)18-11-5-4-6-12-18/h4-17,25,28H,1-3H3/t17-,25-/m1/s1. The molecule has 4 aromatic rings. The Balaban J connectivity index is 1.80. The zero-order chi connectivity index (χ0) is 22.4. The van der Waals surface area contributed by atoms with Gasteiger partial charge in [0.15, 0.2) is 0 Å². The second-order valence-corrected chi connectivity index (χ2v) is 8.44. The zero-order valence-corrected chi connectivity index (χ0v) is 18.4. The molecule has 0 unspecified atom stereocenters. The highest BCUT2D eigenvalue weighted by Gasteiger charge is 2.44. The lowest BCUT2D eigenvalue weighted by Crippen LogP contribution is -2.46. The summed E-state index contributed by atoms with van der Waals surface area (Å²) in [5, 5.41) is 1.05. The van der Waals surface area contributed by atoms with Crippen molar-refractivity contribution in [1.29, 1.82) is 0 Å². The van der Waals surface area contributed by atoms with Crippen LogP contribution in [0.1, 0.15) is 34.5 Å². The normalized spacial score (nSPS) is 16.3. The summed E-state index contributed by atoms with van der Waals surface area (Å²) >= 11 is 0. The largest absolute Gasteiger partial charge is 0.354 e. The van der Waals surface area contributed by atoms with E-state index in [1.807, 2.05) is 67.6 Å². The van der Waals surface area contributed by atoms with Crippen LogP contribution in [0.4, 0.5) is 0 Å². The molecule has 0 fully saturated rings. The average Bonchev–Trinajstić information content (AvgIpc) is 3.34. The van der Waals surface area contributed by atoms with Gasteiger partial charge in [0, 0.05) is 36.1 Å². The van der Waals surface area contributed by atoms with Crippen LogP contribution in [0.25, 0.3) is 22.2 Å². The topological polar surface area (TPSA) is 56.4 Å². The Morgan fingerprint density at radius 2 is 1.59 bits per heavy atom. The summed E-state index contributed by atoms with van der Waals surface area (Å²) in [5.74, 6) is -0.213. The molecule has 5 heteroatoms. The maximum Gasteiger partial charge on any atom is 0.255 e. The lowest BCUT2D eigenvalue weighted by Gasteiger charge is -2.32. The number of benzene rings is 3. The van der Waals surface area contributed by atoms with E-state index in [1.165, 1.54) is 0 Å². The molecular weight excluding hydrogens is 398 g/mol. The molecule has 0 aliphatic carbocycles. The lowest BCUT2D eigenvalue weighted by atomic mass is 9.92. The molecule has 1 aliphatic rings. The fraction of sp³-hybridized carbons (Fsp3) is 0.185. The third-order valence-electron chi connectivity index (χ3n) is 6.30. The number of amides is 2. The van der Waals surface area contributed by atoms with Crippen LogP contribution < -0.4 is 0 Å². The number of carbonyl (C=O) groups excluding carboxylic acids is 2. The highest BCUT2D eigenvalue weighted by Crippen LogP contribution is 2.46. The van der Waals surface area contributed by atoms with Gasteiger partial charge in [-0.15, -0.1) is 0 Å². The van der Waals surface area contributed by atoms with Gasteiger partial charge in [-0.2, -0.15) is 0 Å². The Hall–Kier alpha value is -3.86. The van der Waals surface area contributed by atoms with Gasteiger partial charge in [0.1, 0.15) is 6.04 Å². The molecule has 32 heavy (non-hydrogen) atoms. The number of nitrogens with zero attached hydrogens (tertiary/aromatic N) is 2. The molecular formula is C27H25N3O2. The van der Waals surface area contributed by atoms with Crippen LogP contribution in [-0.2, 0) is 4.79 Å². The van der Waals surface area contributed by atoms with Crippen LogP contribution in [0.2, 0.25) is 0 Å². The molecule has 0 bridgehead atoms. The Bertz CT molecular complexity index is 1320. The van der Waals surface area contributed by atoms with Crippen molar-refractivity contribution in [3.05, 3.63) is 95.6 Å². The van der Waals surface area contributed by atoms with Gasteiger partial charge in [-0.05, 0) is 30.2 Å². The number of H-pyrrole nitrogens is 1. The molecule has 2 amide bonds. The number of rotatable bonds is 4. The Morgan fingerprint density at radius 1 is 0.938 bits per heavy atom. The monoisotopic (exact) mass is 423 g/mol. The number of fused-ring (bicyclic) bond motifs is 2. The second-order valence-electron chi connectivity index (χ2n) is 8.44. The summed E-state index contributed by atoms with van der Waals surface area (Å²) in [6.45, 7) is 1.82. The molecule has 1 aliphatic heterocycles. The van der Waals surface area contributed by atoms with E-state index in [0.29, 0.717) is 5.56 Å². The van der Waals surface area contributed by atoms with Gasteiger partial charge < -0.3 is 14.8 Å². The van der Waals surface area contributed by atoms with Crippen molar-refractivity contribution in [3.8, 4) is 11.3 Å². The van der Waals surface area contributed by atoms with Crippen molar-refractivity contribution in [2.45, 2.75) is 19.0 Å². The molecule has 1 aromatic heterocycles. The van der Waals surface area contributed by atoms with E-state index in [-0.39, 0.29) is 17.9 Å². The Morgan fingerprint density at radius 3 is 2.34 bits per heavy atom. The minimum absolute atomic E-state index is 0.0998. The molecule has 2 heterocycles. The number of aromatic nitrogens is 1. The summed E-state index contributed by atoms with van der Waals surface area (Å²) in [6, 6.07) is 25.0. The Labute approximate surface area is 187 Å². The van der Waals surface area contributed by atoms with Crippen LogP contribution >= 0.6 is 0 Å². The van der Waals surface area contributed by atoms with Gasteiger partial charge in [-0.3, -0.25) is 9.59 Å². The summed E-state index contributed by atoms with van der Waals surface area (Å²) in [4.78, 5) is 33.5. The van der Waals surface area contributed by atoms with Gasteiger partial charge in [0.2, 0.25) is 5.91 Å². The number of hydrogen-bond donors (Lipinski definition) is 1. The summed E-state index contributed by atoms with van der Waals surface area (Å²) < 4.78 is 0. The van der Waals surface area contributed by atoms with Crippen molar-refractivity contribution >= 4 is 22.7 Å². The van der Waals surface area contributed by atoms with Crippen LogP contribution in [-0.4, -0.2) is 46.7 Å². The van der Waals surface area contributed by atoms with E-state index in [9.17, 15) is 9.59 Å². The molecule has 5 nitrogen and oxygen atoms in total. The maximum atomic E-state index is 13.6. The number of likely N-dealkylation sites (N-methyl/N-ethyl adjacent to an activating group) is 1. The molecule has 5 rings (SSSR count). The van der Waals surface area contributed by atoms with Crippen LogP contribution in [0.15, 0.2) is 78.9 Å². The number of carbonyl (C=O) groups is 2. The van der Waals surface area contributed by atoms with Crippen molar-refractivity contribution in [2.75, 3.05) is 14.1 Å². The number of aromatic amines is 1. The number of para-hydroxylation sites is 1. The molecule has 3 aromatic carbocycles. The molecule has 1 N–H and O–H groups in total. The first-order valence-corrected chi connectivity index (χ1v) is 10.8. The summed E-state index contributed by atoms with van der Waals surface area (Å²) in [5.41, 5.74) is 5.61. The van der Waals surface area contributed by atoms with Crippen molar-refractivity contribution in [2.24, 2.45) is 0 Å². The van der Waals surface area contributed by atoms with Crippen LogP contribution in [0, 0.1) is 0 Å². The maximum absolute atomic E-state index is 13.6. The van der Waals surface area contributed by atoms with E-state index in [2.05, 4.69) is 23.2 Å². The van der Waals surface area contributed by atoms with Crippen molar-refractivity contribution < 1.29 is 9.59 Å². The fourth-order valence-electron chi connectivity index (χ4n) is 4.80. The second kappa shape index (κ2) is 7.68. The summed E-state index contributed by atoms with van der Waals surface area (Å²) in [6.07, 6.45) is 0. The zero-order valence-electron chi connectivity index (χ0n) is 18.4. The fourth-order valence-corrected chi connectivity index (χ4v) is 4.80. The van der Waals surface area contributed by atoms with Crippen LogP contribution in [0.5, 0.6) is 0 Å². The van der Waals surface area contributed by atoms with E-state index >= 15 is 0 Å². The number of nitrogens with one attached hydrogen (secondary N) is 1. The first-order chi connectivity index (χ1) is 15.5. The highest BCUT2D eigenvalue weighted by molar-refractivity contribution is 6.04. The minimum Gasteiger partial charge on any atom is -0.354 e. The van der Waals surface area contributed by atoms with E-state index in [1.54, 1.807) is 23.9 Å². The SMILES string of the molecule is C[C@H](C(=O)N(C)C)N1C(=O)c2ccccc2[C@@H]1c1c(-c2ccccc2)[nH]c2ccccc12. The molecule has 0 saturated heterocycles. The third-order valence-corrected chi connectivity index (χ3v) is 6.30. The van der Waals surface area contributed by atoms with Gasteiger partial charge in [-0.1, -0.05) is 66.7 Å². The van der Waals surface area contributed by atoms with Gasteiger partial charge in [0.25, 0.3) is 5.91 Å².